The zero-order chi connectivity index (χ0) is 13.4. The van der Waals surface area contributed by atoms with Gasteiger partial charge in [0, 0.05) is 18.7 Å². The first-order chi connectivity index (χ1) is 9.13. The third kappa shape index (κ3) is 2.76. The Morgan fingerprint density at radius 1 is 1.42 bits per heavy atom. The van der Waals surface area contributed by atoms with Crippen molar-refractivity contribution in [3.63, 3.8) is 0 Å². The molecule has 1 aliphatic carbocycles. The van der Waals surface area contributed by atoms with Crippen LogP contribution in [0.4, 0.5) is 5.82 Å². The molecule has 0 amide bonds. The van der Waals surface area contributed by atoms with Crippen molar-refractivity contribution in [2.24, 2.45) is 13.0 Å². The first-order valence-corrected chi connectivity index (χ1v) is 7.15. The van der Waals surface area contributed by atoms with Crippen LogP contribution in [0.25, 0.3) is 11.3 Å². The van der Waals surface area contributed by atoms with E-state index in [1.807, 2.05) is 31.3 Å². The van der Waals surface area contributed by atoms with Crippen LogP contribution < -0.4 is 10.5 Å². The van der Waals surface area contributed by atoms with E-state index < -0.39 is 0 Å². The van der Waals surface area contributed by atoms with Crippen molar-refractivity contribution in [3.8, 4) is 17.0 Å². The molecule has 3 rings (SSSR count). The van der Waals surface area contributed by atoms with Gasteiger partial charge in [-0.25, -0.2) is 0 Å². The SMILES string of the molecule is Cn1nc(-c2ccc(OCC3CC3)c(Br)c2)cc1N. The van der Waals surface area contributed by atoms with Crippen LogP contribution in [-0.4, -0.2) is 16.4 Å². The molecule has 1 aromatic heterocycles. The van der Waals surface area contributed by atoms with Gasteiger partial charge in [-0.2, -0.15) is 5.10 Å². The topological polar surface area (TPSA) is 53.1 Å². The summed E-state index contributed by atoms with van der Waals surface area (Å²) in [5.41, 5.74) is 7.69. The summed E-state index contributed by atoms with van der Waals surface area (Å²) >= 11 is 3.55. The molecule has 5 heteroatoms. The molecule has 0 radical (unpaired) electrons. The maximum Gasteiger partial charge on any atom is 0.133 e. The van der Waals surface area contributed by atoms with E-state index in [1.165, 1.54) is 12.8 Å². The maximum absolute atomic E-state index is 5.80. The highest BCUT2D eigenvalue weighted by molar-refractivity contribution is 9.10. The number of nitrogens with two attached hydrogens (primary N) is 1. The van der Waals surface area contributed by atoms with Crippen molar-refractivity contribution in [3.05, 3.63) is 28.7 Å². The summed E-state index contributed by atoms with van der Waals surface area (Å²) in [6.07, 6.45) is 2.59. The second-order valence-corrected chi connectivity index (χ2v) is 5.83. The quantitative estimate of drug-likeness (QED) is 0.940. The molecule has 1 fully saturated rings. The van der Waals surface area contributed by atoms with Crippen LogP contribution in [0, 0.1) is 5.92 Å². The van der Waals surface area contributed by atoms with E-state index in [1.54, 1.807) is 4.68 Å². The van der Waals surface area contributed by atoms with Crippen molar-refractivity contribution in [2.75, 3.05) is 12.3 Å². The predicted molar refractivity (Wildman–Crippen MR) is 79.0 cm³/mol. The molecule has 1 heterocycles. The fourth-order valence-corrected chi connectivity index (χ4v) is 2.39. The van der Waals surface area contributed by atoms with Crippen LogP contribution >= 0.6 is 15.9 Å². The maximum atomic E-state index is 5.80. The molecule has 0 saturated heterocycles. The van der Waals surface area contributed by atoms with E-state index >= 15 is 0 Å². The smallest absolute Gasteiger partial charge is 0.133 e. The van der Waals surface area contributed by atoms with Gasteiger partial charge < -0.3 is 10.5 Å². The van der Waals surface area contributed by atoms with Crippen molar-refractivity contribution in [1.82, 2.24) is 9.78 Å². The molecule has 2 aromatic rings. The Hall–Kier alpha value is -1.49. The molecule has 0 bridgehead atoms. The van der Waals surface area contributed by atoms with Crippen LogP contribution in [0.3, 0.4) is 0 Å². The number of ether oxygens (including phenoxy) is 1. The summed E-state index contributed by atoms with van der Waals surface area (Å²) in [6, 6.07) is 7.87. The van der Waals surface area contributed by atoms with E-state index in [0.717, 1.165) is 34.0 Å². The largest absolute Gasteiger partial charge is 0.492 e. The highest BCUT2D eigenvalue weighted by Gasteiger charge is 2.22. The highest BCUT2D eigenvalue weighted by Crippen LogP contribution is 2.34. The van der Waals surface area contributed by atoms with Gasteiger partial charge in [-0.3, -0.25) is 4.68 Å². The van der Waals surface area contributed by atoms with Gasteiger partial charge in [0.1, 0.15) is 11.6 Å². The van der Waals surface area contributed by atoms with Crippen molar-refractivity contribution in [1.29, 1.82) is 0 Å². The predicted octanol–water partition coefficient (Wildman–Crippen LogP) is 3.22. The molecular formula is C14H16BrN3O. The van der Waals surface area contributed by atoms with Crippen molar-refractivity contribution in [2.45, 2.75) is 12.8 Å². The minimum Gasteiger partial charge on any atom is -0.492 e. The number of rotatable bonds is 4. The van der Waals surface area contributed by atoms with Crippen LogP contribution in [-0.2, 0) is 7.05 Å². The average molecular weight is 322 g/mol. The fourth-order valence-electron chi connectivity index (χ4n) is 1.89. The Bertz CT molecular complexity index is 585. The Morgan fingerprint density at radius 2 is 2.21 bits per heavy atom. The number of benzene rings is 1. The minimum atomic E-state index is 0.653. The Balaban J connectivity index is 1.81. The molecule has 4 nitrogen and oxygen atoms in total. The van der Waals surface area contributed by atoms with E-state index in [9.17, 15) is 0 Å². The third-order valence-electron chi connectivity index (χ3n) is 3.32. The van der Waals surface area contributed by atoms with Gasteiger partial charge in [0.05, 0.1) is 16.8 Å². The number of anilines is 1. The van der Waals surface area contributed by atoms with Crippen LogP contribution in [0.15, 0.2) is 28.7 Å². The van der Waals surface area contributed by atoms with Crippen molar-refractivity contribution < 1.29 is 4.74 Å². The summed E-state index contributed by atoms with van der Waals surface area (Å²) in [4.78, 5) is 0. The van der Waals surface area contributed by atoms with Gasteiger partial charge in [-0.1, -0.05) is 0 Å². The molecule has 1 saturated carbocycles. The zero-order valence-corrected chi connectivity index (χ0v) is 12.4. The molecule has 1 aliphatic rings. The van der Waals surface area contributed by atoms with Crippen LogP contribution in [0.2, 0.25) is 0 Å². The molecule has 19 heavy (non-hydrogen) atoms. The van der Waals surface area contributed by atoms with E-state index in [2.05, 4.69) is 21.0 Å². The average Bonchev–Trinajstić information content (AvgIpc) is 3.14. The van der Waals surface area contributed by atoms with E-state index in [0.29, 0.717) is 5.82 Å². The summed E-state index contributed by atoms with van der Waals surface area (Å²) in [6.45, 7) is 0.814. The molecule has 0 atom stereocenters. The molecule has 0 unspecified atom stereocenters. The number of nitrogen functional groups attached to an aromatic ring is 1. The lowest BCUT2D eigenvalue weighted by Gasteiger charge is -2.08. The Labute approximate surface area is 120 Å². The molecule has 2 N–H and O–H groups in total. The summed E-state index contributed by atoms with van der Waals surface area (Å²) in [5.74, 6) is 2.29. The molecule has 1 aromatic carbocycles. The minimum absolute atomic E-state index is 0.653. The van der Waals surface area contributed by atoms with Gasteiger partial charge >= 0.3 is 0 Å². The molecular weight excluding hydrogens is 306 g/mol. The number of hydrogen-bond donors (Lipinski definition) is 1. The second kappa shape index (κ2) is 4.89. The number of hydrogen-bond acceptors (Lipinski definition) is 3. The third-order valence-corrected chi connectivity index (χ3v) is 3.93. The van der Waals surface area contributed by atoms with Crippen LogP contribution in [0.1, 0.15) is 12.8 Å². The normalized spacial score (nSPS) is 14.6. The summed E-state index contributed by atoms with van der Waals surface area (Å²) in [5, 5.41) is 4.37. The molecule has 0 spiro atoms. The lowest BCUT2D eigenvalue weighted by Crippen LogP contribution is -1.99. The van der Waals surface area contributed by atoms with Gasteiger partial charge in [0.15, 0.2) is 0 Å². The summed E-state index contributed by atoms with van der Waals surface area (Å²) < 4.78 is 8.40. The highest BCUT2D eigenvalue weighted by atomic mass is 79.9. The first kappa shape index (κ1) is 12.5. The van der Waals surface area contributed by atoms with Crippen LogP contribution in [0.5, 0.6) is 5.75 Å². The van der Waals surface area contributed by atoms with Gasteiger partial charge in [0.25, 0.3) is 0 Å². The number of nitrogens with zero attached hydrogens (tertiary/aromatic N) is 2. The fraction of sp³-hybridized carbons (Fsp3) is 0.357. The lowest BCUT2D eigenvalue weighted by molar-refractivity contribution is 0.298. The van der Waals surface area contributed by atoms with Gasteiger partial charge in [0.2, 0.25) is 0 Å². The zero-order valence-electron chi connectivity index (χ0n) is 10.8. The molecule has 0 aliphatic heterocycles. The standard InChI is InChI=1S/C14H16BrN3O/c1-18-14(16)7-12(17-18)10-4-5-13(11(15)6-10)19-8-9-2-3-9/h4-7,9H,2-3,8,16H2,1H3. The van der Waals surface area contributed by atoms with E-state index in [-0.39, 0.29) is 0 Å². The number of aromatic nitrogens is 2. The first-order valence-electron chi connectivity index (χ1n) is 6.36. The van der Waals surface area contributed by atoms with Crippen molar-refractivity contribution >= 4 is 21.7 Å². The number of aryl methyl sites for hydroxylation is 1. The lowest BCUT2D eigenvalue weighted by atomic mass is 10.1. The molecule has 100 valence electrons. The van der Waals surface area contributed by atoms with E-state index in [4.69, 9.17) is 10.5 Å². The Kier molecular flexibility index (Phi) is 3.22. The summed E-state index contributed by atoms with van der Waals surface area (Å²) in [7, 11) is 1.83. The monoisotopic (exact) mass is 321 g/mol. The number of halogens is 1. The Morgan fingerprint density at radius 3 is 2.79 bits per heavy atom. The van der Waals surface area contributed by atoms with Gasteiger partial charge in [-0.15, -0.1) is 0 Å². The second-order valence-electron chi connectivity index (χ2n) is 4.98. The van der Waals surface area contributed by atoms with Gasteiger partial charge in [-0.05, 0) is 52.9 Å².